The van der Waals surface area contributed by atoms with E-state index in [1.165, 1.54) is 18.3 Å². The number of carbonyl (C=O) groups excluding carboxylic acids is 2. The third-order valence-corrected chi connectivity index (χ3v) is 7.70. The van der Waals surface area contributed by atoms with E-state index in [0.717, 1.165) is 23.0 Å². The van der Waals surface area contributed by atoms with Crippen molar-refractivity contribution in [1.82, 2.24) is 15.2 Å². The minimum Gasteiger partial charge on any atom is -0.493 e. The Morgan fingerprint density at radius 3 is 2.45 bits per heavy atom. The van der Waals surface area contributed by atoms with Crippen LogP contribution in [0.5, 0.6) is 17.2 Å². The van der Waals surface area contributed by atoms with Crippen molar-refractivity contribution in [3.8, 4) is 17.2 Å². The largest absolute Gasteiger partial charge is 0.493 e. The highest BCUT2D eigenvalue weighted by Gasteiger charge is 2.71. The molecule has 0 saturated carbocycles. The number of aromatic nitrogens is 1. The molecule has 0 spiro atoms. The van der Waals surface area contributed by atoms with Crippen LogP contribution in [0.2, 0.25) is 0 Å². The second-order valence-corrected chi connectivity index (χ2v) is 10.7. The minimum absolute atomic E-state index is 0.00141. The Labute approximate surface area is 247 Å². The van der Waals surface area contributed by atoms with Crippen molar-refractivity contribution in [1.29, 1.82) is 0 Å². The first-order chi connectivity index (χ1) is 20.6. The van der Waals surface area contributed by atoms with Crippen LogP contribution in [0.25, 0.3) is 0 Å². The first-order valence-corrected chi connectivity index (χ1v) is 13.6. The van der Waals surface area contributed by atoms with Crippen molar-refractivity contribution in [2.24, 2.45) is 0 Å². The number of benzene rings is 2. The van der Waals surface area contributed by atoms with E-state index in [4.69, 9.17) is 9.47 Å². The van der Waals surface area contributed by atoms with Gasteiger partial charge in [0.1, 0.15) is 22.8 Å². The first-order valence-electron chi connectivity index (χ1n) is 13.6. The summed E-state index contributed by atoms with van der Waals surface area (Å²) in [5, 5.41) is 12.5. The number of hydrogen-bond acceptors (Lipinski definition) is 6. The number of hydrogen-bond donors (Lipinski definition) is 2. The van der Waals surface area contributed by atoms with E-state index in [9.17, 15) is 41.0 Å². The summed E-state index contributed by atoms with van der Waals surface area (Å²) in [5.41, 5.74) is -6.06. The van der Waals surface area contributed by atoms with Crippen LogP contribution in [-0.2, 0) is 35.3 Å². The molecule has 234 valence electrons. The van der Waals surface area contributed by atoms with Crippen LogP contribution in [0.3, 0.4) is 0 Å². The van der Waals surface area contributed by atoms with E-state index in [-0.39, 0.29) is 35.7 Å². The zero-order valence-electron chi connectivity index (χ0n) is 23.5. The molecule has 44 heavy (non-hydrogen) atoms. The third kappa shape index (κ3) is 5.31. The maximum Gasteiger partial charge on any atom is 0.430 e. The zero-order valence-corrected chi connectivity index (χ0v) is 23.5. The van der Waals surface area contributed by atoms with Crippen LogP contribution in [-0.4, -0.2) is 45.9 Å². The molecular weight excluding hydrogens is 596 g/mol. The van der Waals surface area contributed by atoms with Gasteiger partial charge < -0.3 is 19.9 Å². The molecule has 3 amide bonds. The van der Waals surface area contributed by atoms with Gasteiger partial charge in [-0.05, 0) is 54.3 Å². The van der Waals surface area contributed by atoms with Crippen molar-refractivity contribution >= 4 is 11.9 Å². The van der Waals surface area contributed by atoms with Gasteiger partial charge in [0.2, 0.25) is 0 Å². The first kappa shape index (κ1) is 31.1. The molecule has 2 aromatic carbocycles. The van der Waals surface area contributed by atoms with E-state index in [1.54, 1.807) is 26.0 Å². The van der Waals surface area contributed by atoms with Gasteiger partial charge in [0.25, 0.3) is 11.5 Å². The second kappa shape index (κ2) is 11.0. The lowest BCUT2D eigenvalue weighted by Gasteiger charge is -2.33. The molecule has 5 rings (SSSR count). The number of carbonyl (C=O) groups is 2. The Bertz CT molecular complexity index is 1590. The number of alkyl halides is 6. The average Bonchev–Trinajstić information content (AvgIpc) is 3.51. The summed E-state index contributed by atoms with van der Waals surface area (Å²) in [5.74, 6) is 0.178. The number of pyridine rings is 1. The summed E-state index contributed by atoms with van der Waals surface area (Å²) in [4.78, 5) is 31.5. The molecule has 1 fully saturated rings. The summed E-state index contributed by atoms with van der Waals surface area (Å²) in [6.45, 7) is 3.53. The summed E-state index contributed by atoms with van der Waals surface area (Å²) >= 11 is 0. The number of imide groups is 1. The quantitative estimate of drug-likeness (QED) is 0.235. The molecule has 1 unspecified atom stereocenters. The summed E-state index contributed by atoms with van der Waals surface area (Å²) in [6, 6.07) is 9.52. The highest BCUT2D eigenvalue weighted by atomic mass is 19.4. The molecule has 0 radical (unpaired) electrons. The van der Waals surface area contributed by atoms with Crippen molar-refractivity contribution in [2.45, 2.75) is 63.1 Å². The Hall–Kier alpha value is -4.33. The smallest absolute Gasteiger partial charge is 0.430 e. The highest BCUT2D eigenvalue weighted by Crippen LogP contribution is 2.50. The number of urea groups is 1. The van der Waals surface area contributed by atoms with Crippen molar-refractivity contribution in [3.05, 3.63) is 82.7 Å². The Kier molecular flexibility index (Phi) is 7.77. The van der Waals surface area contributed by atoms with Crippen molar-refractivity contribution in [2.75, 3.05) is 6.61 Å². The molecule has 1 atom stereocenters. The lowest BCUT2D eigenvalue weighted by Crippen LogP contribution is -2.53. The molecular formula is C30H27F6N3O5. The summed E-state index contributed by atoms with van der Waals surface area (Å²) in [6.07, 6.45) is -9.60. The van der Waals surface area contributed by atoms with Crippen LogP contribution in [0, 0.1) is 0 Å². The van der Waals surface area contributed by atoms with Crippen molar-refractivity contribution < 1.29 is 50.5 Å². The van der Waals surface area contributed by atoms with E-state index in [2.05, 4.69) is 10.3 Å². The van der Waals surface area contributed by atoms with Gasteiger partial charge in [-0.15, -0.1) is 0 Å². The van der Waals surface area contributed by atoms with E-state index >= 15 is 0 Å². The normalized spacial score (nSPS) is 18.7. The third-order valence-electron chi connectivity index (χ3n) is 7.70. The fourth-order valence-electron chi connectivity index (χ4n) is 5.27. The molecule has 2 aliphatic heterocycles. The molecule has 8 nitrogen and oxygen atoms in total. The molecule has 1 saturated heterocycles. The van der Waals surface area contributed by atoms with Gasteiger partial charge in [-0.25, -0.2) is 4.79 Å². The maximum absolute atomic E-state index is 13.5. The molecule has 14 heteroatoms. The predicted molar refractivity (Wildman–Crippen MR) is 143 cm³/mol. The average molecular weight is 624 g/mol. The molecule has 1 aromatic heterocycles. The number of ether oxygens (including phenoxy) is 2. The number of amides is 3. The fourth-order valence-corrected chi connectivity index (χ4v) is 5.27. The van der Waals surface area contributed by atoms with Crippen molar-refractivity contribution in [3.63, 3.8) is 0 Å². The number of nitrogens with zero attached hydrogens (tertiary/aromatic N) is 2. The lowest BCUT2D eigenvalue weighted by molar-refractivity contribution is -0.376. The van der Waals surface area contributed by atoms with Gasteiger partial charge in [-0.3, -0.25) is 14.7 Å². The van der Waals surface area contributed by atoms with Gasteiger partial charge >= 0.3 is 18.4 Å². The van der Waals surface area contributed by atoms with Gasteiger partial charge in [-0.2, -0.15) is 26.3 Å². The molecule has 0 aliphatic carbocycles. The highest BCUT2D eigenvalue weighted by molar-refractivity contribution is 6.07. The predicted octanol–water partition coefficient (Wildman–Crippen LogP) is 6.04. The SMILES string of the molecule is CCCc1cc(C(O)(C(F)(F)F)C(F)(F)F)ccc1Oc1ccnc(CN2C(=O)NC(C)(c3ccc4c(c3)OCC4)C2=O)c1. The number of aliphatic hydroxyl groups is 1. The van der Waals surface area contributed by atoms with Gasteiger partial charge in [-0.1, -0.05) is 31.5 Å². The van der Waals surface area contributed by atoms with E-state index in [1.807, 2.05) is 6.07 Å². The van der Waals surface area contributed by atoms with Gasteiger partial charge in [0, 0.05) is 24.2 Å². The molecule has 2 N–H and O–H groups in total. The molecule has 3 aromatic rings. The Morgan fingerprint density at radius 2 is 1.77 bits per heavy atom. The monoisotopic (exact) mass is 623 g/mol. The number of nitrogens with one attached hydrogen (secondary N) is 1. The standard InChI is InChI=1S/C30H27F6N3O5/c1-3-4-18-13-20(28(42,29(31,32)33)30(34,35)36)7-8-23(18)44-22-9-11-37-21(15-22)16-39-25(40)27(2,38-26(39)41)19-6-5-17-10-12-43-24(17)14-19/h5-9,11,13-15,42H,3-4,10,12,16H2,1-2H3,(H,38,41). The Morgan fingerprint density at radius 1 is 1.05 bits per heavy atom. The topological polar surface area (TPSA) is 101 Å². The number of fused-ring (bicyclic) bond motifs is 1. The number of rotatable bonds is 8. The van der Waals surface area contributed by atoms with Crippen LogP contribution >= 0.6 is 0 Å². The second-order valence-electron chi connectivity index (χ2n) is 10.7. The fraction of sp³-hybridized carbons (Fsp3) is 0.367. The molecule has 3 heterocycles. The van der Waals surface area contributed by atoms with Crippen LogP contribution < -0.4 is 14.8 Å². The van der Waals surface area contributed by atoms with Crippen LogP contribution in [0.4, 0.5) is 31.1 Å². The van der Waals surface area contributed by atoms with Gasteiger partial charge in [0.05, 0.1) is 18.8 Å². The summed E-state index contributed by atoms with van der Waals surface area (Å²) in [7, 11) is 0. The minimum atomic E-state index is -6.03. The van der Waals surface area contributed by atoms with Gasteiger partial charge in [0.15, 0.2) is 0 Å². The zero-order chi connectivity index (χ0) is 32.1. The Balaban J connectivity index is 1.38. The van der Waals surface area contributed by atoms with E-state index in [0.29, 0.717) is 36.5 Å². The molecule has 2 aliphatic rings. The summed E-state index contributed by atoms with van der Waals surface area (Å²) < 4.78 is 92.1. The maximum atomic E-state index is 13.5. The lowest BCUT2D eigenvalue weighted by atomic mass is 9.90. The number of halogens is 6. The molecule has 0 bridgehead atoms. The number of aryl methyl sites for hydroxylation is 1. The van der Waals surface area contributed by atoms with Crippen LogP contribution in [0.15, 0.2) is 54.7 Å². The van der Waals surface area contributed by atoms with Crippen LogP contribution in [0.1, 0.15) is 48.2 Å². The van der Waals surface area contributed by atoms with E-state index < -0.39 is 41.0 Å².